The molecule has 0 fully saturated rings. The molecular weight excluding hydrogens is 255 g/mol. The van der Waals surface area contributed by atoms with Crippen molar-refractivity contribution in [3.63, 3.8) is 0 Å². The zero-order valence-electron chi connectivity index (χ0n) is 11.0. The predicted molar refractivity (Wildman–Crippen MR) is 74.5 cm³/mol. The maximum absolute atomic E-state index is 13.0. The van der Waals surface area contributed by atoms with Crippen molar-refractivity contribution in [1.29, 1.82) is 5.26 Å². The van der Waals surface area contributed by atoms with Gasteiger partial charge >= 0.3 is 0 Å². The Morgan fingerprint density at radius 3 is 2.50 bits per heavy atom. The molecule has 0 bridgehead atoms. The summed E-state index contributed by atoms with van der Waals surface area (Å²) >= 11 is 0. The summed E-state index contributed by atoms with van der Waals surface area (Å²) in [5, 5.41) is 11.7. The molecular formula is C16H15FN2O. The van der Waals surface area contributed by atoms with Crippen LogP contribution in [-0.2, 0) is 13.1 Å². The molecule has 2 aromatic rings. The molecule has 0 aliphatic carbocycles. The molecule has 0 aromatic heterocycles. The van der Waals surface area contributed by atoms with E-state index < -0.39 is 0 Å². The van der Waals surface area contributed by atoms with Gasteiger partial charge in [-0.05, 0) is 35.4 Å². The lowest BCUT2D eigenvalue weighted by molar-refractivity contribution is 0.368. The van der Waals surface area contributed by atoms with Gasteiger partial charge in [0.25, 0.3) is 0 Å². The molecule has 1 N–H and O–H groups in total. The van der Waals surface area contributed by atoms with Crippen LogP contribution < -0.4 is 10.1 Å². The topological polar surface area (TPSA) is 45.0 Å². The predicted octanol–water partition coefficient (Wildman–Crippen LogP) is 3.02. The first-order valence-corrected chi connectivity index (χ1v) is 6.32. The van der Waals surface area contributed by atoms with Gasteiger partial charge in [0.05, 0.1) is 0 Å². The molecule has 2 rings (SSSR count). The number of rotatable bonds is 6. The average Bonchev–Trinajstić information content (AvgIpc) is 2.46. The third-order valence-electron chi connectivity index (χ3n) is 2.77. The standard InChI is InChI=1S/C16H15FN2O/c17-15-3-1-2-14(10-15)12-19-11-13-4-6-16(7-5-13)20-9-8-18/h1-7,10,19H,9,11-12H2. The molecule has 0 saturated carbocycles. The molecule has 3 nitrogen and oxygen atoms in total. The summed E-state index contributed by atoms with van der Waals surface area (Å²) < 4.78 is 18.2. The van der Waals surface area contributed by atoms with Crippen molar-refractivity contribution in [3.8, 4) is 11.8 Å². The molecule has 102 valence electrons. The molecule has 20 heavy (non-hydrogen) atoms. The highest BCUT2D eigenvalue weighted by Gasteiger charge is 1.97. The van der Waals surface area contributed by atoms with Crippen molar-refractivity contribution < 1.29 is 9.13 Å². The van der Waals surface area contributed by atoms with Crippen LogP contribution in [0, 0.1) is 17.1 Å². The summed E-state index contributed by atoms with van der Waals surface area (Å²) in [4.78, 5) is 0. The van der Waals surface area contributed by atoms with E-state index in [2.05, 4.69) is 5.32 Å². The van der Waals surface area contributed by atoms with E-state index in [1.807, 2.05) is 36.4 Å². The Balaban J connectivity index is 1.81. The summed E-state index contributed by atoms with van der Waals surface area (Å²) in [6.45, 7) is 1.36. The van der Waals surface area contributed by atoms with Crippen LogP contribution in [0.4, 0.5) is 4.39 Å². The monoisotopic (exact) mass is 270 g/mol. The summed E-state index contributed by atoms with van der Waals surface area (Å²) in [7, 11) is 0. The second kappa shape index (κ2) is 7.27. The molecule has 0 saturated heterocycles. The number of hydrogen-bond donors (Lipinski definition) is 1. The van der Waals surface area contributed by atoms with Gasteiger partial charge in [-0.2, -0.15) is 5.26 Å². The average molecular weight is 270 g/mol. The maximum atomic E-state index is 13.0. The number of nitriles is 1. The van der Waals surface area contributed by atoms with Gasteiger partial charge in [-0.1, -0.05) is 24.3 Å². The Kier molecular flexibility index (Phi) is 5.10. The van der Waals surface area contributed by atoms with Crippen LogP contribution in [0.1, 0.15) is 11.1 Å². The van der Waals surface area contributed by atoms with E-state index in [0.717, 1.165) is 11.1 Å². The van der Waals surface area contributed by atoms with Gasteiger partial charge in [0.15, 0.2) is 6.61 Å². The highest BCUT2D eigenvalue weighted by molar-refractivity contribution is 5.27. The lowest BCUT2D eigenvalue weighted by Crippen LogP contribution is -2.12. The van der Waals surface area contributed by atoms with E-state index in [1.54, 1.807) is 6.07 Å². The SMILES string of the molecule is N#CCOc1ccc(CNCc2cccc(F)c2)cc1. The molecule has 0 radical (unpaired) electrons. The van der Waals surface area contributed by atoms with Crippen LogP contribution in [0.5, 0.6) is 5.75 Å². The van der Waals surface area contributed by atoms with Gasteiger partial charge in [-0.15, -0.1) is 0 Å². The molecule has 0 aliphatic rings. The van der Waals surface area contributed by atoms with Crippen molar-refractivity contribution >= 4 is 0 Å². The van der Waals surface area contributed by atoms with E-state index in [4.69, 9.17) is 10.00 Å². The van der Waals surface area contributed by atoms with Gasteiger partial charge in [0.1, 0.15) is 17.6 Å². The highest BCUT2D eigenvalue weighted by Crippen LogP contribution is 2.12. The molecule has 0 unspecified atom stereocenters. The number of nitrogens with one attached hydrogen (secondary N) is 1. The van der Waals surface area contributed by atoms with Crippen LogP contribution in [0.2, 0.25) is 0 Å². The molecule has 0 atom stereocenters. The van der Waals surface area contributed by atoms with Crippen molar-refractivity contribution in [2.24, 2.45) is 0 Å². The summed E-state index contributed by atoms with van der Waals surface area (Å²) in [5.74, 6) is 0.462. The van der Waals surface area contributed by atoms with Crippen LogP contribution in [0.25, 0.3) is 0 Å². The highest BCUT2D eigenvalue weighted by atomic mass is 19.1. The molecule has 0 aliphatic heterocycles. The zero-order valence-corrected chi connectivity index (χ0v) is 11.0. The second-order valence-electron chi connectivity index (χ2n) is 4.32. The van der Waals surface area contributed by atoms with Crippen LogP contribution in [0.15, 0.2) is 48.5 Å². The minimum atomic E-state index is -0.219. The third-order valence-corrected chi connectivity index (χ3v) is 2.77. The number of ether oxygens (including phenoxy) is 1. The first-order chi connectivity index (χ1) is 9.78. The second-order valence-corrected chi connectivity index (χ2v) is 4.32. The maximum Gasteiger partial charge on any atom is 0.174 e. The smallest absolute Gasteiger partial charge is 0.174 e. The Hall–Kier alpha value is -2.38. The Labute approximate surface area is 117 Å². The van der Waals surface area contributed by atoms with Gasteiger partial charge in [-0.3, -0.25) is 0 Å². The molecule has 0 spiro atoms. The Morgan fingerprint density at radius 1 is 1.05 bits per heavy atom. The molecule has 4 heteroatoms. The number of halogens is 1. The lowest BCUT2D eigenvalue weighted by atomic mass is 10.2. The van der Waals surface area contributed by atoms with Crippen molar-refractivity contribution in [1.82, 2.24) is 5.32 Å². The van der Waals surface area contributed by atoms with Crippen molar-refractivity contribution in [3.05, 3.63) is 65.5 Å². The summed E-state index contributed by atoms with van der Waals surface area (Å²) in [6, 6.07) is 16.0. The first kappa shape index (κ1) is 14.0. The van der Waals surface area contributed by atoms with E-state index in [9.17, 15) is 4.39 Å². The molecule has 0 amide bonds. The first-order valence-electron chi connectivity index (χ1n) is 6.32. The quantitative estimate of drug-likeness (QED) is 0.877. The van der Waals surface area contributed by atoms with Crippen LogP contribution >= 0.6 is 0 Å². The summed E-state index contributed by atoms with van der Waals surface area (Å²) in [5.41, 5.74) is 2.02. The van der Waals surface area contributed by atoms with Gasteiger partial charge in [0, 0.05) is 13.1 Å². The fraction of sp³-hybridized carbons (Fsp3) is 0.188. The Bertz CT molecular complexity index is 590. The molecule has 0 heterocycles. The minimum Gasteiger partial charge on any atom is -0.479 e. The van der Waals surface area contributed by atoms with E-state index >= 15 is 0 Å². The fourth-order valence-corrected chi connectivity index (χ4v) is 1.82. The van der Waals surface area contributed by atoms with Crippen LogP contribution in [0.3, 0.4) is 0 Å². The molecule has 2 aromatic carbocycles. The summed E-state index contributed by atoms with van der Waals surface area (Å²) in [6.07, 6.45) is 0. The zero-order chi connectivity index (χ0) is 14.2. The van der Waals surface area contributed by atoms with Gasteiger partial charge in [0.2, 0.25) is 0 Å². The van der Waals surface area contributed by atoms with E-state index in [1.165, 1.54) is 12.1 Å². The number of hydrogen-bond acceptors (Lipinski definition) is 3. The van der Waals surface area contributed by atoms with Crippen LogP contribution in [-0.4, -0.2) is 6.61 Å². The largest absolute Gasteiger partial charge is 0.479 e. The third kappa shape index (κ3) is 4.38. The van der Waals surface area contributed by atoms with E-state index in [0.29, 0.717) is 18.8 Å². The fourth-order valence-electron chi connectivity index (χ4n) is 1.82. The Morgan fingerprint density at radius 2 is 1.80 bits per heavy atom. The van der Waals surface area contributed by atoms with Crippen molar-refractivity contribution in [2.75, 3.05) is 6.61 Å². The lowest BCUT2D eigenvalue weighted by Gasteiger charge is -2.06. The van der Waals surface area contributed by atoms with Gasteiger partial charge < -0.3 is 10.1 Å². The van der Waals surface area contributed by atoms with E-state index in [-0.39, 0.29) is 12.4 Å². The normalized spacial score (nSPS) is 10.0. The minimum absolute atomic E-state index is 0.0527. The van der Waals surface area contributed by atoms with Gasteiger partial charge in [-0.25, -0.2) is 4.39 Å². The number of benzene rings is 2. The number of nitrogens with zero attached hydrogens (tertiary/aromatic N) is 1. The van der Waals surface area contributed by atoms with Crippen molar-refractivity contribution in [2.45, 2.75) is 13.1 Å².